The van der Waals surface area contributed by atoms with E-state index in [4.69, 9.17) is 11.6 Å². The highest BCUT2D eigenvalue weighted by Crippen LogP contribution is 2.35. The number of halogens is 1. The molecule has 0 saturated carbocycles. The fraction of sp³-hybridized carbons (Fsp3) is 0.0714. The number of hydrogen-bond acceptors (Lipinski definition) is 5. The Bertz CT molecular complexity index is 971. The van der Waals surface area contributed by atoms with Crippen molar-refractivity contribution in [1.29, 1.82) is 0 Å². The van der Waals surface area contributed by atoms with Crippen LogP contribution in [0.25, 0.3) is 21.8 Å². The lowest BCUT2D eigenvalue weighted by Crippen LogP contribution is -1.95. The summed E-state index contributed by atoms with van der Waals surface area (Å²) in [6, 6.07) is 7.09. The highest BCUT2D eigenvalue weighted by molar-refractivity contribution is 6.40. The summed E-state index contributed by atoms with van der Waals surface area (Å²) in [4.78, 5) is 25.2. The van der Waals surface area contributed by atoms with Crippen LogP contribution in [-0.2, 0) is 0 Å². The lowest BCUT2D eigenvalue weighted by atomic mass is 10.1. The van der Waals surface area contributed by atoms with Crippen LogP contribution in [0.15, 0.2) is 30.3 Å². The molecule has 0 aliphatic rings. The number of aromatic nitrogens is 1. The first-order valence-electron chi connectivity index (χ1n) is 6.21. The van der Waals surface area contributed by atoms with E-state index in [-0.39, 0.29) is 11.4 Å². The first kappa shape index (κ1) is 14.2. The molecule has 2 aromatic carbocycles. The van der Waals surface area contributed by atoms with Gasteiger partial charge in [0.25, 0.3) is 11.4 Å². The molecule has 0 saturated heterocycles. The fourth-order valence-electron chi connectivity index (χ4n) is 2.39. The predicted molar refractivity (Wildman–Crippen MR) is 82.3 cm³/mol. The SMILES string of the molecule is Cc1c([N+](=O)[O-])ccc2c(Cl)c3ccc([N+](=O)[O-])cc3nc12. The van der Waals surface area contributed by atoms with Gasteiger partial charge in [0.05, 0.1) is 31.5 Å². The highest BCUT2D eigenvalue weighted by atomic mass is 35.5. The number of nitro benzene ring substituents is 2. The van der Waals surface area contributed by atoms with Crippen molar-refractivity contribution in [2.24, 2.45) is 0 Å². The Labute approximate surface area is 128 Å². The lowest BCUT2D eigenvalue weighted by Gasteiger charge is -2.07. The Hall–Kier alpha value is -2.80. The average Bonchev–Trinajstić information content (AvgIpc) is 2.47. The van der Waals surface area contributed by atoms with E-state index in [0.29, 0.717) is 32.4 Å². The van der Waals surface area contributed by atoms with Gasteiger partial charge in [-0.05, 0) is 19.1 Å². The Kier molecular flexibility index (Phi) is 3.14. The molecule has 0 aliphatic carbocycles. The first-order valence-corrected chi connectivity index (χ1v) is 6.59. The minimum atomic E-state index is -0.528. The molecule has 0 radical (unpaired) electrons. The third-order valence-electron chi connectivity index (χ3n) is 3.50. The summed E-state index contributed by atoms with van der Waals surface area (Å²) in [7, 11) is 0. The molecule has 8 heteroatoms. The molecule has 0 aliphatic heterocycles. The van der Waals surface area contributed by atoms with Gasteiger partial charge in [-0.1, -0.05) is 11.6 Å². The molecule has 7 nitrogen and oxygen atoms in total. The molecule has 3 aromatic rings. The summed E-state index contributed by atoms with van der Waals surface area (Å²) in [5.74, 6) is 0. The quantitative estimate of drug-likeness (QED) is 0.401. The number of nitro groups is 2. The zero-order chi connectivity index (χ0) is 16.0. The maximum absolute atomic E-state index is 11.0. The van der Waals surface area contributed by atoms with Crippen molar-refractivity contribution >= 4 is 44.8 Å². The Morgan fingerprint density at radius 1 is 1.05 bits per heavy atom. The van der Waals surface area contributed by atoms with Gasteiger partial charge in [-0.25, -0.2) is 4.98 Å². The topological polar surface area (TPSA) is 99.2 Å². The van der Waals surface area contributed by atoms with Crippen molar-refractivity contribution < 1.29 is 9.85 Å². The van der Waals surface area contributed by atoms with Gasteiger partial charge in [-0.15, -0.1) is 0 Å². The molecular formula is C14H8ClN3O4. The molecule has 22 heavy (non-hydrogen) atoms. The molecule has 0 spiro atoms. The van der Waals surface area contributed by atoms with Crippen LogP contribution in [0.1, 0.15) is 5.56 Å². The van der Waals surface area contributed by atoms with Crippen LogP contribution in [0, 0.1) is 27.2 Å². The van der Waals surface area contributed by atoms with Crippen molar-refractivity contribution in [3.8, 4) is 0 Å². The maximum atomic E-state index is 11.0. The predicted octanol–water partition coefficient (Wildman–Crippen LogP) is 4.17. The van der Waals surface area contributed by atoms with Gasteiger partial charge in [0, 0.05) is 29.0 Å². The molecule has 0 atom stereocenters. The summed E-state index contributed by atoms with van der Waals surface area (Å²) in [6.07, 6.45) is 0. The number of rotatable bonds is 2. The fourth-order valence-corrected chi connectivity index (χ4v) is 2.70. The summed E-state index contributed by atoms with van der Waals surface area (Å²) in [5, 5.41) is 23.4. The molecule has 0 amide bonds. The van der Waals surface area contributed by atoms with Gasteiger partial charge in [0.2, 0.25) is 0 Å². The lowest BCUT2D eigenvalue weighted by molar-refractivity contribution is -0.385. The molecule has 3 rings (SSSR count). The molecule has 0 fully saturated rings. The smallest absolute Gasteiger partial charge is 0.258 e. The first-order chi connectivity index (χ1) is 10.4. The summed E-state index contributed by atoms with van der Waals surface area (Å²) in [5.41, 5.74) is 0.889. The van der Waals surface area contributed by atoms with Gasteiger partial charge in [-0.2, -0.15) is 0 Å². The third-order valence-corrected chi connectivity index (χ3v) is 3.90. The average molecular weight is 318 g/mol. The van der Waals surface area contributed by atoms with Crippen LogP contribution in [0.3, 0.4) is 0 Å². The number of fused-ring (bicyclic) bond motifs is 2. The molecule has 1 heterocycles. The summed E-state index contributed by atoms with van der Waals surface area (Å²) < 4.78 is 0. The van der Waals surface area contributed by atoms with Gasteiger partial charge in [-0.3, -0.25) is 20.2 Å². The number of benzene rings is 2. The summed E-state index contributed by atoms with van der Waals surface area (Å²) >= 11 is 6.33. The zero-order valence-corrected chi connectivity index (χ0v) is 12.0. The van der Waals surface area contributed by atoms with Crippen LogP contribution in [0.4, 0.5) is 11.4 Å². The zero-order valence-electron chi connectivity index (χ0n) is 11.2. The van der Waals surface area contributed by atoms with Crippen LogP contribution in [-0.4, -0.2) is 14.8 Å². The Morgan fingerprint density at radius 2 is 1.73 bits per heavy atom. The van der Waals surface area contributed by atoms with E-state index < -0.39 is 9.85 Å². The van der Waals surface area contributed by atoms with Crippen LogP contribution < -0.4 is 0 Å². The molecule has 110 valence electrons. The molecule has 0 unspecified atom stereocenters. The minimum Gasteiger partial charge on any atom is -0.258 e. The monoisotopic (exact) mass is 317 g/mol. The number of aryl methyl sites for hydroxylation is 1. The van der Waals surface area contributed by atoms with E-state index >= 15 is 0 Å². The van der Waals surface area contributed by atoms with E-state index in [0.717, 1.165) is 0 Å². The van der Waals surface area contributed by atoms with Crippen molar-refractivity contribution in [2.75, 3.05) is 0 Å². The van der Waals surface area contributed by atoms with E-state index in [2.05, 4.69) is 4.98 Å². The van der Waals surface area contributed by atoms with Gasteiger partial charge in [0.15, 0.2) is 0 Å². The number of pyridine rings is 1. The minimum absolute atomic E-state index is 0.0687. The second-order valence-corrected chi connectivity index (χ2v) is 5.13. The Balaban J connectivity index is 2.44. The molecule has 0 bridgehead atoms. The maximum Gasteiger partial charge on any atom is 0.274 e. The highest BCUT2D eigenvalue weighted by Gasteiger charge is 2.18. The van der Waals surface area contributed by atoms with E-state index in [1.165, 1.54) is 30.3 Å². The van der Waals surface area contributed by atoms with E-state index in [1.54, 1.807) is 6.92 Å². The second kappa shape index (κ2) is 4.88. The summed E-state index contributed by atoms with van der Waals surface area (Å²) in [6.45, 7) is 1.58. The number of nitrogens with zero attached hydrogens (tertiary/aromatic N) is 3. The van der Waals surface area contributed by atoms with Crippen molar-refractivity contribution in [2.45, 2.75) is 6.92 Å². The van der Waals surface area contributed by atoms with Gasteiger partial charge < -0.3 is 0 Å². The van der Waals surface area contributed by atoms with E-state index in [1.807, 2.05) is 0 Å². The largest absolute Gasteiger partial charge is 0.274 e. The Morgan fingerprint density at radius 3 is 2.36 bits per heavy atom. The van der Waals surface area contributed by atoms with Crippen molar-refractivity contribution in [3.05, 3.63) is 61.1 Å². The van der Waals surface area contributed by atoms with Crippen molar-refractivity contribution in [1.82, 2.24) is 4.98 Å². The van der Waals surface area contributed by atoms with Gasteiger partial charge >= 0.3 is 0 Å². The van der Waals surface area contributed by atoms with Gasteiger partial charge in [0.1, 0.15) is 0 Å². The standard InChI is InChI=1S/C14H8ClN3O4/c1-7-12(18(21)22)5-4-10-13(15)9-3-2-8(17(19)20)6-11(9)16-14(7)10/h2-6H,1H3. The normalized spacial score (nSPS) is 11.0. The number of non-ortho nitro benzene ring substituents is 1. The van der Waals surface area contributed by atoms with Crippen LogP contribution in [0.5, 0.6) is 0 Å². The molecular weight excluding hydrogens is 310 g/mol. The van der Waals surface area contributed by atoms with Crippen LogP contribution in [0.2, 0.25) is 5.02 Å². The molecule has 0 N–H and O–H groups in total. The number of hydrogen-bond donors (Lipinski definition) is 0. The van der Waals surface area contributed by atoms with Crippen molar-refractivity contribution in [3.63, 3.8) is 0 Å². The van der Waals surface area contributed by atoms with E-state index in [9.17, 15) is 20.2 Å². The second-order valence-electron chi connectivity index (χ2n) is 4.75. The van der Waals surface area contributed by atoms with Crippen LogP contribution >= 0.6 is 11.6 Å². The third kappa shape index (κ3) is 2.03. The molecule has 1 aromatic heterocycles.